The van der Waals surface area contributed by atoms with Crippen LogP contribution < -0.4 is 10.5 Å². The third kappa shape index (κ3) is 3.23. The van der Waals surface area contributed by atoms with E-state index in [1.54, 1.807) is 0 Å². The van der Waals surface area contributed by atoms with E-state index in [-0.39, 0.29) is 5.82 Å². The van der Waals surface area contributed by atoms with Gasteiger partial charge in [-0.25, -0.2) is 22.3 Å². The highest BCUT2D eigenvalue weighted by Gasteiger charge is 2.21. The summed E-state index contributed by atoms with van der Waals surface area (Å²) in [6.07, 6.45) is 1.09. The third-order valence-electron chi connectivity index (χ3n) is 2.51. The summed E-state index contributed by atoms with van der Waals surface area (Å²) in [6, 6.07) is 2.37. The number of nitrogens with one attached hydrogen (secondary N) is 1. The number of sulfonamides is 1. The van der Waals surface area contributed by atoms with Gasteiger partial charge in [-0.1, -0.05) is 0 Å². The summed E-state index contributed by atoms with van der Waals surface area (Å²) in [5.74, 6) is -3.24. The molecule has 0 radical (unpaired) electrons. The number of halogens is 2. The molecule has 1 heterocycles. The van der Waals surface area contributed by atoms with Crippen LogP contribution in [0.2, 0.25) is 0 Å². The lowest BCUT2D eigenvalue weighted by molar-refractivity contribution is 0.102. The normalized spacial score (nSPS) is 11.4. The highest BCUT2D eigenvalue weighted by Crippen LogP contribution is 2.19. The average molecular weight is 316 g/mol. The number of anilines is 1. The van der Waals surface area contributed by atoms with Crippen LogP contribution in [0.1, 0.15) is 10.4 Å². The molecule has 0 atom stereocenters. The molecule has 0 aliphatic rings. The largest absolute Gasteiger partial charge is 0.304 e. The first kappa shape index (κ1) is 15.1. The number of hydrogen-bond acceptors (Lipinski definition) is 4. The maximum absolute atomic E-state index is 13.5. The number of aromatic nitrogens is 2. The zero-order valence-corrected chi connectivity index (χ0v) is 11.5. The molecule has 2 aromatic rings. The molecule has 1 amide bonds. The van der Waals surface area contributed by atoms with Gasteiger partial charge in [0, 0.05) is 19.3 Å². The van der Waals surface area contributed by atoms with Crippen LogP contribution in [0.25, 0.3) is 0 Å². The molecule has 112 valence electrons. The number of rotatable bonds is 3. The van der Waals surface area contributed by atoms with Gasteiger partial charge >= 0.3 is 0 Å². The molecule has 21 heavy (non-hydrogen) atoms. The number of carbonyl (C=O) groups excluding carboxylic acids is 1. The summed E-state index contributed by atoms with van der Waals surface area (Å²) < 4.78 is 50.1. The second kappa shape index (κ2) is 5.22. The van der Waals surface area contributed by atoms with Crippen molar-refractivity contribution in [3.63, 3.8) is 0 Å². The minimum absolute atomic E-state index is 0.339. The smallest absolute Gasteiger partial charge is 0.259 e. The number of nitrogens with zero attached hydrogens (tertiary/aromatic N) is 2. The molecule has 0 saturated carbocycles. The van der Waals surface area contributed by atoms with E-state index in [4.69, 9.17) is 5.14 Å². The SMILES string of the molecule is Cn1cc(S(N)(=O)=O)c(NC(=O)c2ccc(F)cc2F)n1. The van der Waals surface area contributed by atoms with Crippen LogP contribution in [-0.2, 0) is 17.1 Å². The molecule has 7 nitrogen and oxygen atoms in total. The van der Waals surface area contributed by atoms with E-state index in [0.717, 1.165) is 23.0 Å². The Morgan fingerprint density at radius 2 is 2.05 bits per heavy atom. The second-order valence-electron chi connectivity index (χ2n) is 4.14. The van der Waals surface area contributed by atoms with Crippen molar-refractivity contribution in [1.82, 2.24) is 9.78 Å². The Morgan fingerprint density at radius 3 is 2.62 bits per heavy atom. The van der Waals surface area contributed by atoms with Gasteiger partial charge in [0.15, 0.2) is 5.82 Å². The van der Waals surface area contributed by atoms with Crippen molar-refractivity contribution in [2.45, 2.75) is 4.90 Å². The molecule has 0 aliphatic carbocycles. The van der Waals surface area contributed by atoms with E-state index in [1.807, 2.05) is 0 Å². The van der Waals surface area contributed by atoms with Crippen LogP contribution in [0, 0.1) is 11.6 Å². The van der Waals surface area contributed by atoms with Crippen LogP contribution in [0.3, 0.4) is 0 Å². The molecular weight excluding hydrogens is 306 g/mol. The molecule has 3 N–H and O–H groups in total. The topological polar surface area (TPSA) is 107 Å². The van der Waals surface area contributed by atoms with E-state index in [1.165, 1.54) is 7.05 Å². The average Bonchev–Trinajstić information content (AvgIpc) is 2.69. The Labute approximate surface area is 118 Å². The van der Waals surface area contributed by atoms with Gasteiger partial charge in [0.25, 0.3) is 5.91 Å². The van der Waals surface area contributed by atoms with Crippen molar-refractivity contribution < 1.29 is 22.0 Å². The molecule has 1 aromatic carbocycles. The first-order valence-corrected chi connectivity index (χ1v) is 7.06. The predicted molar refractivity (Wildman–Crippen MR) is 68.9 cm³/mol. The molecule has 0 spiro atoms. The van der Waals surface area contributed by atoms with Crippen LogP contribution in [-0.4, -0.2) is 24.1 Å². The van der Waals surface area contributed by atoms with E-state index >= 15 is 0 Å². The maximum Gasteiger partial charge on any atom is 0.259 e. The number of aryl methyl sites for hydroxylation is 1. The summed E-state index contributed by atoms with van der Waals surface area (Å²) in [5.41, 5.74) is -0.456. The van der Waals surface area contributed by atoms with E-state index in [9.17, 15) is 22.0 Å². The molecule has 10 heteroatoms. The number of carbonyl (C=O) groups is 1. The molecular formula is C11H10F2N4O3S. The van der Waals surface area contributed by atoms with Gasteiger partial charge in [-0.2, -0.15) is 5.10 Å². The number of amides is 1. The quantitative estimate of drug-likeness (QED) is 0.864. The van der Waals surface area contributed by atoms with Crippen molar-refractivity contribution in [3.8, 4) is 0 Å². The molecule has 0 bridgehead atoms. The van der Waals surface area contributed by atoms with Gasteiger partial charge < -0.3 is 5.32 Å². The van der Waals surface area contributed by atoms with Crippen LogP contribution in [0.4, 0.5) is 14.6 Å². The van der Waals surface area contributed by atoms with Crippen LogP contribution in [0.5, 0.6) is 0 Å². The number of primary sulfonamides is 1. The van der Waals surface area contributed by atoms with Crippen LogP contribution in [0.15, 0.2) is 29.3 Å². The fourth-order valence-electron chi connectivity index (χ4n) is 1.61. The predicted octanol–water partition coefficient (Wildman–Crippen LogP) is 0.598. The summed E-state index contributed by atoms with van der Waals surface area (Å²) in [7, 11) is -2.69. The zero-order chi connectivity index (χ0) is 15.8. The Hall–Kier alpha value is -2.33. The Kier molecular flexibility index (Phi) is 3.75. The molecule has 0 aliphatic heterocycles. The summed E-state index contributed by atoms with van der Waals surface area (Å²) >= 11 is 0. The molecule has 0 saturated heterocycles. The van der Waals surface area contributed by atoms with Gasteiger partial charge in [0.1, 0.15) is 16.5 Å². The molecule has 2 rings (SSSR count). The highest BCUT2D eigenvalue weighted by atomic mass is 32.2. The van der Waals surface area contributed by atoms with Crippen molar-refractivity contribution in [2.24, 2.45) is 12.2 Å². The lowest BCUT2D eigenvalue weighted by Gasteiger charge is -2.05. The van der Waals surface area contributed by atoms with E-state index in [2.05, 4.69) is 10.4 Å². The van der Waals surface area contributed by atoms with Crippen molar-refractivity contribution in [2.75, 3.05) is 5.32 Å². The lowest BCUT2D eigenvalue weighted by atomic mass is 10.2. The summed E-state index contributed by atoms with van der Waals surface area (Å²) in [5, 5.41) is 10.8. The van der Waals surface area contributed by atoms with E-state index in [0.29, 0.717) is 6.07 Å². The fraction of sp³-hybridized carbons (Fsp3) is 0.0909. The van der Waals surface area contributed by atoms with Gasteiger partial charge in [-0.3, -0.25) is 9.48 Å². The van der Waals surface area contributed by atoms with Gasteiger partial charge in [0.2, 0.25) is 10.0 Å². The first-order valence-electron chi connectivity index (χ1n) is 5.51. The van der Waals surface area contributed by atoms with Gasteiger partial charge in [-0.05, 0) is 12.1 Å². The molecule has 1 aromatic heterocycles. The maximum atomic E-state index is 13.5. The van der Waals surface area contributed by atoms with Crippen molar-refractivity contribution in [3.05, 3.63) is 41.6 Å². The molecule has 0 fully saturated rings. The number of nitrogens with two attached hydrogens (primary N) is 1. The van der Waals surface area contributed by atoms with Crippen molar-refractivity contribution >= 4 is 21.7 Å². The lowest BCUT2D eigenvalue weighted by Crippen LogP contribution is -2.18. The second-order valence-corrected chi connectivity index (χ2v) is 5.67. The Morgan fingerprint density at radius 1 is 1.38 bits per heavy atom. The fourth-order valence-corrected chi connectivity index (χ4v) is 2.27. The van der Waals surface area contributed by atoms with Crippen LogP contribution >= 0.6 is 0 Å². The van der Waals surface area contributed by atoms with Crippen molar-refractivity contribution in [1.29, 1.82) is 0 Å². The Bertz CT molecular complexity index is 817. The Balaban J connectivity index is 2.36. The minimum atomic E-state index is -4.11. The third-order valence-corrected chi connectivity index (χ3v) is 3.42. The first-order chi connectivity index (χ1) is 9.68. The van der Waals surface area contributed by atoms with Gasteiger partial charge in [-0.15, -0.1) is 0 Å². The monoisotopic (exact) mass is 316 g/mol. The zero-order valence-electron chi connectivity index (χ0n) is 10.7. The standard InChI is InChI=1S/C11H10F2N4O3S/c1-17-5-9(21(14,19)20)10(16-17)15-11(18)7-3-2-6(12)4-8(7)13/h2-5H,1H3,(H2,14,19,20)(H,15,16,18). The number of hydrogen-bond donors (Lipinski definition) is 2. The van der Waals surface area contributed by atoms with Gasteiger partial charge in [0.05, 0.1) is 5.56 Å². The summed E-state index contributed by atoms with van der Waals surface area (Å²) in [6.45, 7) is 0. The highest BCUT2D eigenvalue weighted by molar-refractivity contribution is 7.89. The summed E-state index contributed by atoms with van der Waals surface area (Å²) in [4.78, 5) is 11.5. The minimum Gasteiger partial charge on any atom is -0.304 e. The van der Waals surface area contributed by atoms with E-state index < -0.39 is 38.0 Å². The number of benzene rings is 1. The molecule has 0 unspecified atom stereocenters.